The van der Waals surface area contributed by atoms with Crippen LogP contribution < -0.4 is 5.32 Å². The van der Waals surface area contributed by atoms with Crippen LogP contribution in [-0.4, -0.2) is 25.1 Å². The zero-order valence-electron chi connectivity index (χ0n) is 11.6. The SMILES string of the molecule is CCn1cc(Br)cc1C(=O)Nc1cccc(S(C)(=O)=O)c1. The van der Waals surface area contributed by atoms with Crippen molar-refractivity contribution in [3.05, 3.63) is 46.7 Å². The van der Waals surface area contributed by atoms with Crippen LogP contribution in [-0.2, 0) is 16.4 Å². The maximum absolute atomic E-state index is 12.3. The number of hydrogen-bond donors (Lipinski definition) is 1. The van der Waals surface area contributed by atoms with Crippen molar-refractivity contribution >= 4 is 37.4 Å². The Bertz CT molecular complexity index is 781. The summed E-state index contributed by atoms with van der Waals surface area (Å²) in [6.07, 6.45) is 2.95. The van der Waals surface area contributed by atoms with Gasteiger partial charge in [-0.2, -0.15) is 0 Å². The first-order valence-corrected chi connectivity index (χ1v) is 8.97. The van der Waals surface area contributed by atoms with E-state index in [1.165, 1.54) is 12.1 Å². The number of halogens is 1. The van der Waals surface area contributed by atoms with E-state index in [1.807, 2.05) is 13.1 Å². The summed E-state index contributed by atoms with van der Waals surface area (Å²) in [5, 5.41) is 2.71. The molecular formula is C14H15BrN2O3S. The van der Waals surface area contributed by atoms with Crippen LogP contribution in [0.4, 0.5) is 5.69 Å². The molecule has 0 atom stereocenters. The number of benzene rings is 1. The van der Waals surface area contributed by atoms with E-state index >= 15 is 0 Å². The number of amides is 1. The fourth-order valence-corrected chi connectivity index (χ4v) is 3.06. The zero-order valence-corrected chi connectivity index (χ0v) is 14.0. The lowest BCUT2D eigenvalue weighted by Crippen LogP contribution is -2.16. The Morgan fingerprint density at radius 1 is 1.33 bits per heavy atom. The number of sulfone groups is 1. The Hall–Kier alpha value is -1.60. The van der Waals surface area contributed by atoms with Crippen molar-refractivity contribution in [1.29, 1.82) is 0 Å². The molecule has 1 aromatic carbocycles. The molecule has 0 spiro atoms. The molecule has 0 aliphatic rings. The standard InChI is InChI=1S/C14H15BrN2O3S/c1-3-17-9-10(15)7-13(17)14(18)16-11-5-4-6-12(8-11)21(2,19)20/h4-9H,3H2,1-2H3,(H,16,18). The molecule has 0 unspecified atom stereocenters. The van der Waals surface area contributed by atoms with Gasteiger partial charge in [0.05, 0.1) is 4.90 Å². The van der Waals surface area contributed by atoms with Crippen LogP contribution in [0.3, 0.4) is 0 Å². The van der Waals surface area contributed by atoms with E-state index in [4.69, 9.17) is 0 Å². The monoisotopic (exact) mass is 370 g/mol. The third kappa shape index (κ3) is 3.74. The number of hydrogen-bond acceptors (Lipinski definition) is 3. The molecule has 5 nitrogen and oxygen atoms in total. The highest BCUT2D eigenvalue weighted by Gasteiger charge is 2.14. The highest BCUT2D eigenvalue weighted by Crippen LogP contribution is 2.19. The quantitative estimate of drug-likeness (QED) is 0.899. The molecule has 0 bridgehead atoms. The molecule has 0 aliphatic carbocycles. The van der Waals surface area contributed by atoms with Gasteiger partial charge >= 0.3 is 0 Å². The average Bonchev–Trinajstić information content (AvgIpc) is 2.79. The average molecular weight is 371 g/mol. The Kier molecular flexibility index (Phi) is 4.53. The highest BCUT2D eigenvalue weighted by molar-refractivity contribution is 9.10. The van der Waals surface area contributed by atoms with E-state index < -0.39 is 9.84 Å². The van der Waals surface area contributed by atoms with Gasteiger partial charge in [-0.15, -0.1) is 0 Å². The predicted octanol–water partition coefficient (Wildman–Crippen LogP) is 2.93. The molecular weight excluding hydrogens is 356 g/mol. The van der Waals surface area contributed by atoms with E-state index in [0.717, 1.165) is 10.7 Å². The molecule has 1 heterocycles. The lowest BCUT2D eigenvalue weighted by Gasteiger charge is -2.08. The van der Waals surface area contributed by atoms with Crippen molar-refractivity contribution in [2.45, 2.75) is 18.4 Å². The van der Waals surface area contributed by atoms with Gasteiger partial charge in [-0.1, -0.05) is 6.07 Å². The molecule has 0 aliphatic heterocycles. The van der Waals surface area contributed by atoms with E-state index in [0.29, 0.717) is 17.9 Å². The molecule has 2 rings (SSSR count). The van der Waals surface area contributed by atoms with Crippen LogP contribution in [0.25, 0.3) is 0 Å². The fourth-order valence-electron chi connectivity index (χ4n) is 1.93. The van der Waals surface area contributed by atoms with Gasteiger partial charge < -0.3 is 9.88 Å². The highest BCUT2D eigenvalue weighted by atomic mass is 79.9. The molecule has 2 aromatic rings. The van der Waals surface area contributed by atoms with Gasteiger partial charge in [0, 0.05) is 29.2 Å². The number of carbonyl (C=O) groups excluding carboxylic acids is 1. The third-order valence-electron chi connectivity index (χ3n) is 2.96. The Morgan fingerprint density at radius 2 is 2.05 bits per heavy atom. The maximum atomic E-state index is 12.3. The third-order valence-corrected chi connectivity index (χ3v) is 4.50. The van der Waals surface area contributed by atoms with Crippen molar-refractivity contribution in [1.82, 2.24) is 4.57 Å². The van der Waals surface area contributed by atoms with Crippen LogP contribution in [0.2, 0.25) is 0 Å². The van der Waals surface area contributed by atoms with Crippen LogP contribution >= 0.6 is 15.9 Å². The largest absolute Gasteiger partial charge is 0.343 e. The first-order valence-electron chi connectivity index (χ1n) is 6.28. The normalized spacial score (nSPS) is 11.4. The number of rotatable bonds is 4. The van der Waals surface area contributed by atoms with Crippen molar-refractivity contribution in [2.24, 2.45) is 0 Å². The van der Waals surface area contributed by atoms with Crippen molar-refractivity contribution < 1.29 is 13.2 Å². The molecule has 0 radical (unpaired) electrons. The lowest BCUT2D eigenvalue weighted by molar-refractivity contribution is 0.101. The Balaban J connectivity index is 2.28. The summed E-state index contributed by atoms with van der Waals surface area (Å²) in [5.41, 5.74) is 0.956. The van der Waals surface area contributed by atoms with Crippen LogP contribution in [0.15, 0.2) is 45.9 Å². The van der Waals surface area contributed by atoms with Gasteiger partial charge in [0.15, 0.2) is 9.84 Å². The minimum Gasteiger partial charge on any atom is -0.343 e. The van der Waals surface area contributed by atoms with Crippen LogP contribution in [0, 0.1) is 0 Å². The number of nitrogens with zero attached hydrogens (tertiary/aromatic N) is 1. The van der Waals surface area contributed by atoms with Crippen molar-refractivity contribution in [2.75, 3.05) is 11.6 Å². The minimum atomic E-state index is -3.30. The maximum Gasteiger partial charge on any atom is 0.272 e. The summed E-state index contributed by atoms with van der Waals surface area (Å²) >= 11 is 3.34. The van der Waals surface area contributed by atoms with E-state index in [2.05, 4.69) is 21.2 Å². The smallest absolute Gasteiger partial charge is 0.272 e. The number of carbonyl (C=O) groups is 1. The zero-order chi connectivity index (χ0) is 15.6. The summed E-state index contributed by atoms with van der Waals surface area (Å²) in [6, 6.07) is 7.92. The first-order chi connectivity index (χ1) is 9.81. The molecule has 7 heteroatoms. The Labute approximate surface area is 132 Å². The summed E-state index contributed by atoms with van der Waals surface area (Å²) in [7, 11) is -3.30. The number of aromatic nitrogens is 1. The van der Waals surface area contributed by atoms with Gasteiger partial charge in [0.25, 0.3) is 5.91 Å². The lowest BCUT2D eigenvalue weighted by atomic mass is 10.3. The molecule has 0 saturated heterocycles. The van der Waals surface area contributed by atoms with E-state index in [9.17, 15) is 13.2 Å². The second kappa shape index (κ2) is 6.03. The van der Waals surface area contributed by atoms with E-state index in [-0.39, 0.29) is 10.8 Å². The van der Waals surface area contributed by atoms with Crippen molar-refractivity contribution in [3.63, 3.8) is 0 Å². The fraction of sp³-hybridized carbons (Fsp3) is 0.214. The molecule has 112 valence electrons. The summed E-state index contributed by atoms with van der Waals surface area (Å²) in [4.78, 5) is 12.4. The van der Waals surface area contributed by atoms with Gasteiger partial charge in [-0.05, 0) is 47.1 Å². The molecule has 0 fully saturated rings. The predicted molar refractivity (Wildman–Crippen MR) is 85.3 cm³/mol. The Morgan fingerprint density at radius 3 is 2.67 bits per heavy atom. The van der Waals surface area contributed by atoms with Gasteiger partial charge in [-0.3, -0.25) is 4.79 Å². The molecule has 1 amide bonds. The van der Waals surface area contributed by atoms with E-state index in [1.54, 1.807) is 22.8 Å². The second-order valence-corrected chi connectivity index (χ2v) is 7.52. The second-order valence-electron chi connectivity index (χ2n) is 4.58. The van der Waals surface area contributed by atoms with Gasteiger partial charge in [0.2, 0.25) is 0 Å². The van der Waals surface area contributed by atoms with Crippen LogP contribution in [0.1, 0.15) is 17.4 Å². The summed E-state index contributed by atoms with van der Waals surface area (Å²) < 4.78 is 25.7. The first kappa shape index (κ1) is 15.8. The molecule has 1 N–H and O–H groups in total. The number of anilines is 1. The minimum absolute atomic E-state index is 0.173. The van der Waals surface area contributed by atoms with Crippen molar-refractivity contribution in [3.8, 4) is 0 Å². The molecule has 0 saturated carbocycles. The van der Waals surface area contributed by atoms with Gasteiger partial charge in [-0.25, -0.2) is 8.42 Å². The molecule has 21 heavy (non-hydrogen) atoms. The summed E-state index contributed by atoms with van der Waals surface area (Å²) in [5.74, 6) is -0.284. The van der Waals surface area contributed by atoms with Gasteiger partial charge in [0.1, 0.15) is 5.69 Å². The topological polar surface area (TPSA) is 68.2 Å². The summed E-state index contributed by atoms with van der Waals surface area (Å²) in [6.45, 7) is 2.60. The number of aryl methyl sites for hydroxylation is 1. The molecule has 1 aromatic heterocycles. The number of nitrogens with one attached hydrogen (secondary N) is 1. The van der Waals surface area contributed by atoms with Crippen LogP contribution in [0.5, 0.6) is 0 Å².